The minimum Gasteiger partial charge on any atom is -1.00 e. The average molecular weight is 417 g/mol. The second-order valence-corrected chi connectivity index (χ2v) is 7.24. The summed E-state index contributed by atoms with van der Waals surface area (Å²) in [5, 5.41) is 8.90. The first-order valence-corrected chi connectivity index (χ1v) is 10.5. The van der Waals surface area contributed by atoms with E-state index < -0.39 is 0 Å². The Morgan fingerprint density at radius 2 is 1.28 bits per heavy atom. The lowest BCUT2D eigenvalue weighted by atomic mass is 10.0. The van der Waals surface area contributed by atoms with E-state index in [4.69, 9.17) is 5.11 Å². The zero-order valence-electron chi connectivity index (χ0n) is 16.4. The van der Waals surface area contributed by atoms with Gasteiger partial charge >= 0.3 is 0 Å². The van der Waals surface area contributed by atoms with Gasteiger partial charge < -0.3 is 22.1 Å². The second-order valence-electron chi connectivity index (χ2n) is 7.24. The third-order valence-electron chi connectivity index (χ3n) is 4.90. The van der Waals surface area contributed by atoms with E-state index in [0.717, 1.165) is 6.42 Å². The molecule has 0 unspecified atom stereocenters. The van der Waals surface area contributed by atoms with Crippen LogP contribution in [0.25, 0.3) is 0 Å². The number of hydrogen-bond donors (Lipinski definition) is 2. The van der Waals surface area contributed by atoms with Gasteiger partial charge in [-0.25, -0.2) is 9.55 Å². The highest BCUT2D eigenvalue weighted by Crippen LogP contribution is 2.13. The van der Waals surface area contributed by atoms with Gasteiger partial charge in [0.05, 0.1) is 6.61 Å². The van der Waals surface area contributed by atoms with Gasteiger partial charge in [-0.2, -0.15) is 0 Å². The zero-order chi connectivity index (χ0) is 17.3. The fourth-order valence-electron chi connectivity index (χ4n) is 3.33. The van der Waals surface area contributed by atoms with Gasteiger partial charge in [-0.05, 0) is 6.42 Å². The Kier molecular flexibility index (Phi) is 18.2. The first-order chi connectivity index (χ1) is 11.9. The average Bonchev–Trinajstić information content (AvgIpc) is 3.03. The van der Waals surface area contributed by atoms with Crippen molar-refractivity contribution in [1.29, 1.82) is 0 Å². The van der Waals surface area contributed by atoms with Gasteiger partial charge in [-0.3, -0.25) is 0 Å². The number of halogens is 1. The second kappa shape index (κ2) is 18.4. The van der Waals surface area contributed by atoms with Gasteiger partial charge in [-0.1, -0.05) is 90.4 Å². The summed E-state index contributed by atoms with van der Waals surface area (Å²) in [5.74, 6) is 0. The molecule has 1 aromatic heterocycles. The van der Waals surface area contributed by atoms with Crippen molar-refractivity contribution < 1.29 is 26.7 Å². The number of aliphatic hydroxyl groups excluding tert-OH is 1. The molecule has 0 saturated carbocycles. The normalized spacial score (nSPS) is 10.8. The highest BCUT2D eigenvalue weighted by atomic mass is 79.9. The van der Waals surface area contributed by atoms with E-state index in [-0.39, 0.29) is 23.6 Å². The predicted octanol–water partition coefficient (Wildman–Crippen LogP) is 2.32. The van der Waals surface area contributed by atoms with Crippen LogP contribution in [-0.4, -0.2) is 16.7 Å². The zero-order valence-corrected chi connectivity index (χ0v) is 18.0. The molecule has 148 valence electrons. The molecule has 0 saturated heterocycles. The molecule has 1 aromatic rings. The number of nitrogens with zero attached hydrogens (tertiary/aromatic N) is 1. The third kappa shape index (κ3) is 14.5. The minimum atomic E-state index is 0. The van der Waals surface area contributed by atoms with E-state index in [1.165, 1.54) is 95.6 Å². The molecule has 0 fully saturated rings. The van der Waals surface area contributed by atoms with E-state index in [1.54, 1.807) is 0 Å². The fourth-order valence-corrected chi connectivity index (χ4v) is 3.33. The van der Waals surface area contributed by atoms with E-state index >= 15 is 0 Å². The molecule has 0 spiro atoms. The molecule has 0 aliphatic heterocycles. The molecule has 0 aliphatic rings. The van der Waals surface area contributed by atoms with Gasteiger partial charge in [0.15, 0.2) is 0 Å². The molecule has 2 N–H and O–H groups in total. The highest BCUT2D eigenvalue weighted by Gasteiger charge is 2.04. The molecule has 1 rings (SSSR count). The molecule has 4 heteroatoms. The van der Waals surface area contributed by atoms with Crippen molar-refractivity contribution >= 4 is 0 Å². The van der Waals surface area contributed by atoms with Crippen molar-refractivity contribution in [2.45, 2.75) is 110 Å². The Hall–Kier alpha value is -0.350. The Morgan fingerprint density at radius 3 is 1.76 bits per heavy atom. The smallest absolute Gasteiger partial charge is 0.241 e. The summed E-state index contributed by atoms with van der Waals surface area (Å²) in [4.78, 5) is 3.29. The molecule has 25 heavy (non-hydrogen) atoms. The number of unbranched alkanes of at least 4 members (excludes halogenated alkanes) is 13. The summed E-state index contributed by atoms with van der Waals surface area (Å²) in [7, 11) is 0. The molecule has 0 atom stereocenters. The maximum absolute atomic E-state index is 8.90. The number of aromatic amines is 1. The summed E-state index contributed by atoms with van der Waals surface area (Å²) in [6.07, 6.45) is 25.0. The summed E-state index contributed by atoms with van der Waals surface area (Å²) in [6.45, 7) is 3.18. The fraction of sp³-hybridized carbons (Fsp3) is 0.857. The highest BCUT2D eigenvalue weighted by molar-refractivity contribution is 4.89. The Labute approximate surface area is 166 Å². The number of hydrogen-bond acceptors (Lipinski definition) is 1. The minimum absolute atomic E-state index is 0. The van der Waals surface area contributed by atoms with Crippen LogP contribution in [0.4, 0.5) is 0 Å². The lowest BCUT2D eigenvalue weighted by Gasteiger charge is -2.02. The van der Waals surface area contributed by atoms with Crippen molar-refractivity contribution in [3.63, 3.8) is 0 Å². The monoisotopic (exact) mass is 416 g/mol. The van der Waals surface area contributed by atoms with E-state index in [2.05, 4.69) is 18.1 Å². The van der Waals surface area contributed by atoms with Crippen LogP contribution in [0.1, 0.15) is 103 Å². The van der Waals surface area contributed by atoms with Crippen LogP contribution in [0.5, 0.6) is 0 Å². The maximum Gasteiger partial charge on any atom is 0.241 e. The Morgan fingerprint density at radius 1 is 0.800 bits per heavy atom. The van der Waals surface area contributed by atoms with Crippen molar-refractivity contribution in [1.82, 2.24) is 4.98 Å². The van der Waals surface area contributed by atoms with E-state index in [9.17, 15) is 0 Å². The standard InChI is InChI=1S/C21H40N2O.BrH/c1-2-3-4-5-6-7-8-9-10-11-12-13-14-15-16-21-19-23(17-18-24)20-22-21;/h19-20,24H,2-18H2,1H3;1H. The first kappa shape index (κ1) is 24.7. The lowest BCUT2D eigenvalue weighted by molar-refractivity contribution is -0.697. The molecular formula is C21H41BrN2O. The molecule has 0 amide bonds. The van der Waals surface area contributed by atoms with Crippen LogP contribution in [-0.2, 0) is 13.0 Å². The SMILES string of the molecule is CCCCCCCCCCCCCCCCc1c[n+](CCO)c[nH]1.[Br-]. The van der Waals surface area contributed by atoms with Crippen LogP contribution >= 0.6 is 0 Å². The van der Waals surface area contributed by atoms with Crippen LogP contribution in [0.2, 0.25) is 0 Å². The van der Waals surface area contributed by atoms with Crippen LogP contribution in [0.15, 0.2) is 12.5 Å². The van der Waals surface area contributed by atoms with Crippen molar-refractivity contribution in [2.24, 2.45) is 0 Å². The van der Waals surface area contributed by atoms with E-state index in [0.29, 0.717) is 6.54 Å². The third-order valence-corrected chi connectivity index (χ3v) is 4.90. The number of rotatable bonds is 17. The molecular weight excluding hydrogens is 376 g/mol. The lowest BCUT2D eigenvalue weighted by Crippen LogP contribution is -3.00. The summed E-state index contributed by atoms with van der Waals surface area (Å²) < 4.78 is 2.03. The molecule has 1 heterocycles. The molecule has 0 aliphatic carbocycles. The van der Waals surface area contributed by atoms with Crippen LogP contribution in [0, 0.1) is 0 Å². The summed E-state index contributed by atoms with van der Waals surface area (Å²) in [6, 6.07) is 0. The number of nitrogens with one attached hydrogen (secondary N) is 1. The molecule has 0 bridgehead atoms. The molecule has 3 nitrogen and oxygen atoms in total. The van der Waals surface area contributed by atoms with Crippen molar-refractivity contribution in [3.05, 3.63) is 18.2 Å². The van der Waals surface area contributed by atoms with E-state index in [1.807, 2.05) is 10.9 Å². The van der Waals surface area contributed by atoms with Crippen molar-refractivity contribution in [3.8, 4) is 0 Å². The quantitative estimate of drug-likeness (QED) is 0.296. The van der Waals surface area contributed by atoms with Gasteiger partial charge in [0.25, 0.3) is 0 Å². The summed E-state index contributed by atoms with van der Waals surface area (Å²) in [5.41, 5.74) is 1.29. The van der Waals surface area contributed by atoms with Gasteiger partial charge in [0, 0.05) is 6.42 Å². The Balaban J connectivity index is 0.00000576. The maximum atomic E-state index is 8.90. The van der Waals surface area contributed by atoms with Crippen LogP contribution in [0.3, 0.4) is 0 Å². The topological polar surface area (TPSA) is 39.9 Å². The Bertz CT molecular complexity index is 382. The van der Waals surface area contributed by atoms with Crippen LogP contribution < -0.4 is 21.5 Å². The van der Waals surface area contributed by atoms with Crippen molar-refractivity contribution in [2.75, 3.05) is 6.61 Å². The molecule has 0 aromatic carbocycles. The summed E-state index contributed by atoms with van der Waals surface area (Å²) >= 11 is 0. The van der Waals surface area contributed by atoms with Gasteiger partial charge in [0.2, 0.25) is 6.33 Å². The van der Waals surface area contributed by atoms with Gasteiger partial charge in [-0.15, -0.1) is 0 Å². The molecule has 0 radical (unpaired) electrons. The number of H-pyrrole nitrogens is 1. The largest absolute Gasteiger partial charge is 1.00 e. The number of aryl methyl sites for hydroxylation is 1. The predicted molar refractivity (Wildman–Crippen MR) is 102 cm³/mol. The number of aromatic nitrogens is 2. The first-order valence-electron chi connectivity index (χ1n) is 10.5. The number of aliphatic hydroxyl groups is 1. The number of imidazole rings is 1. The van der Waals surface area contributed by atoms with Gasteiger partial charge in [0.1, 0.15) is 18.4 Å².